The summed E-state index contributed by atoms with van der Waals surface area (Å²) < 4.78 is 15.6. The number of fused-ring (bicyclic) bond motifs is 1. The molecule has 1 aliphatic carbocycles. The second-order valence-electron chi connectivity index (χ2n) is 12.0. The number of likely N-dealkylation sites (tertiary alicyclic amines) is 1. The van der Waals surface area contributed by atoms with E-state index in [0.29, 0.717) is 11.2 Å². The van der Waals surface area contributed by atoms with Crippen molar-refractivity contribution >= 4 is 22.8 Å². The number of aromatic nitrogens is 2. The Morgan fingerprint density at radius 3 is 2.42 bits per heavy atom. The molecule has 5 rings (SSSR count). The molecule has 214 valence electrons. The molecule has 9 heteroatoms. The first-order valence-corrected chi connectivity index (χ1v) is 14.4. The van der Waals surface area contributed by atoms with Crippen LogP contribution < -0.4 is 10.9 Å². The van der Waals surface area contributed by atoms with Crippen LogP contribution in [0.25, 0.3) is 11.0 Å². The lowest BCUT2D eigenvalue weighted by molar-refractivity contribution is -0.126. The van der Waals surface area contributed by atoms with E-state index in [2.05, 4.69) is 36.9 Å². The van der Waals surface area contributed by atoms with Gasteiger partial charge in [-0.3, -0.25) is 14.5 Å². The number of hydrogen-bond donors (Lipinski definition) is 3. The van der Waals surface area contributed by atoms with Gasteiger partial charge in [0.15, 0.2) is 0 Å². The van der Waals surface area contributed by atoms with Crippen molar-refractivity contribution in [3.63, 3.8) is 0 Å². The third-order valence-corrected chi connectivity index (χ3v) is 8.30. The minimum Gasteiger partial charge on any atom is -0.390 e. The van der Waals surface area contributed by atoms with Gasteiger partial charge in [0.25, 0.3) is 5.91 Å². The molecule has 0 bridgehead atoms. The van der Waals surface area contributed by atoms with Crippen molar-refractivity contribution in [1.82, 2.24) is 19.8 Å². The molecule has 2 amide bonds. The molecule has 1 aliphatic heterocycles. The summed E-state index contributed by atoms with van der Waals surface area (Å²) in [5.74, 6) is -0.750. The Kier molecular flexibility index (Phi) is 8.24. The third-order valence-electron chi connectivity index (χ3n) is 8.30. The molecule has 0 atom stereocenters. The van der Waals surface area contributed by atoms with E-state index in [0.717, 1.165) is 74.8 Å². The Morgan fingerprint density at radius 2 is 1.77 bits per heavy atom. The highest BCUT2D eigenvalue weighted by Gasteiger charge is 2.30. The van der Waals surface area contributed by atoms with Gasteiger partial charge >= 0.3 is 0 Å². The normalized spacial score (nSPS) is 22.1. The van der Waals surface area contributed by atoms with Crippen LogP contribution in [0.2, 0.25) is 0 Å². The van der Waals surface area contributed by atoms with E-state index in [9.17, 15) is 19.1 Å². The molecule has 2 aliphatic rings. The van der Waals surface area contributed by atoms with E-state index in [1.165, 1.54) is 24.3 Å². The summed E-state index contributed by atoms with van der Waals surface area (Å²) in [5, 5.41) is 13.4. The lowest BCUT2D eigenvalue weighted by Crippen LogP contribution is -2.41. The summed E-state index contributed by atoms with van der Waals surface area (Å²) in [6.07, 6.45) is 4.63. The zero-order valence-corrected chi connectivity index (χ0v) is 23.6. The molecule has 0 radical (unpaired) electrons. The molecule has 0 spiro atoms. The summed E-state index contributed by atoms with van der Waals surface area (Å²) in [4.78, 5) is 35.9. The molecule has 1 saturated carbocycles. The van der Waals surface area contributed by atoms with Crippen LogP contribution in [0.15, 0.2) is 47.5 Å². The zero-order valence-electron chi connectivity index (χ0n) is 23.6. The largest absolute Gasteiger partial charge is 0.390 e. The molecule has 2 fully saturated rings. The summed E-state index contributed by atoms with van der Waals surface area (Å²) >= 11 is 0. The predicted octanol–water partition coefficient (Wildman–Crippen LogP) is 4.45. The fourth-order valence-electron chi connectivity index (χ4n) is 5.93. The molecule has 3 N–H and O–H groups in total. The van der Waals surface area contributed by atoms with Gasteiger partial charge in [-0.15, -0.1) is 0 Å². The molecule has 8 nitrogen and oxygen atoms in total. The molecule has 3 aromatic rings. The van der Waals surface area contributed by atoms with Crippen LogP contribution >= 0.6 is 0 Å². The van der Waals surface area contributed by atoms with Gasteiger partial charge in [-0.2, -0.15) is 4.99 Å². The highest BCUT2D eigenvalue weighted by Crippen LogP contribution is 2.34. The molecular weight excluding hydrogens is 509 g/mol. The van der Waals surface area contributed by atoms with Gasteiger partial charge in [0, 0.05) is 43.2 Å². The maximum atomic E-state index is 13.4. The van der Waals surface area contributed by atoms with E-state index < -0.39 is 17.3 Å². The van der Waals surface area contributed by atoms with Crippen molar-refractivity contribution in [3.05, 3.63) is 65.0 Å². The standard InChI is InChI=1S/C31H40FN5O3/c1-20(2)33-28(38)23-7-11-25(12-8-23)37-27-18-21(19-36-16-14-31(3,40)15-17-36)4-13-26(27)34-30(37)35-29(39)22-5-9-24(32)10-6-22/h4-6,9-10,13,18,20,23,25,40H,7-8,11-12,14-17,19H2,1-3H3,(H,33,38)(H,34,35,39)/t23-,25+. The second-order valence-corrected chi connectivity index (χ2v) is 12.0. The highest BCUT2D eigenvalue weighted by atomic mass is 19.1. The fourth-order valence-corrected chi connectivity index (χ4v) is 5.93. The van der Waals surface area contributed by atoms with Crippen molar-refractivity contribution in [2.75, 3.05) is 13.1 Å². The van der Waals surface area contributed by atoms with E-state index in [1.54, 1.807) is 0 Å². The van der Waals surface area contributed by atoms with Crippen LogP contribution in [0.5, 0.6) is 0 Å². The van der Waals surface area contributed by atoms with E-state index in [4.69, 9.17) is 0 Å². The van der Waals surface area contributed by atoms with Gasteiger partial charge in [0.05, 0.1) is 16.6 Å². The Bertz CT molecular complexity index is 1420. The zero-order chi connectivity index (χ0) is 28.4. The monoisotopic (exact) mass is 549 g/mol. The summed E-state index contributed by atoms with van der Waals surface area (Å²) in [7, 11) is 0. The summed E-state index contributed by atoms with van der Waals surface area (Å²) in [6.45, 7) is 8.31. The first-order chi connectivity index (χ1) is 19.1. The average molecular weight is 550 g/mol. The maximum Gasteiger partial charge on any atom is 0.280 e. The number of aromatic amines is 1. The highest BCUT2D eigenvalue weighted by molar-refractivity contribution is 5.95. The average Bonchev–Trinajstić information content (AvgIpc) is 3.27. The number of piperidine rings is 1. The number of hydrogen-bond acceptors (Lipinski definition) is 4. The number of nitrogens with zero attached hydrogens (tertiary/aromatic N) is 3. The number of aliphatic hydroxyl groups is 1. The number of carbonyl (C=O) groups excluding carboxylic acids is 2. The lowest BCUT2D eigenvalue weighted by atomic mass is 9.85. The maximum absolute atomic E-state index is 13.4. The number of amides is 2. The van der Waals surface area contributed by atoms with E-state index in [1.807, 2.05) is 26.8 Å². The number of benzene rings is 2. The molecule has 0 unspecified atom stereocenters. The van der Waals surface area contributed by atoms with Crippen LogP contribution in [0.1, 0.15) is 81.3 Å². The Labute approximate surface area is 234 Å². The van der Waals surface area contributed by atoms with Crippen LogP contribution in [0.4, 0.5) is 4.39 Å². The number of rotatable bonds is 6. The summed E-state index contributed by atoms with van der Waals surface area (Å²) in [6, 6.07) is 11.9. The number of carbonyl (C=O) groups is 2. The van der Waals surface area contributed by atoms with Crippen LogP contribution in [0, 0.1) is 11.7 Å². The van der Waals surface area contributed by atoms with Gasteiger partial charge < -0.3 is 20.0 Å². The van der Waals surface area contributed by atoms with Gasteiger partial charge in [0.2, 0.25) is 11.5 Å². The fraction of sp³-hybridized carbons (Fsp3) is 0.516. The molecule has 2 heterocycles. The van der Waals surface area contributed by atoms with Gasteiger partial charge in [-0.25, -0.2) is 4.39 Å². The van der Waals surface area contributed by atoms with Crippen molar-refractivity contribution < 1.29 is 19.1 Å². The first-order valence-electron chi connectivity index (χ1n) is 14.4. The minimum atomic E-state index is -0.595. The van der Waals surface area contributed by atoms with Crippen molar-refractivity contribution in [3.8, 4) is 0 Å². The van der Waals surface area contributed by atoms with E-state index in [-0.39, 0.29) is 23.9 Å². The predicted molar refractivity (Wildman–Crippen MR) is 152 cm³/mol. The van der Waals surface area contributed by atoms with Crippen molar-refractivity contribution in [2.45, 2.75) is 83.5 Å². The Balaban J connectivity index is 1.46. The molecule has 40 heavy (non-hydrogen) atoms. The number of H-pyrrole nitrogens is 1. The van der Waals surface area contributed by atoms with Gasteiger partial charge in [0.1, 0.15) is 5.82 Å². The SMILES string of the molecule is CC(C)NC(=O)[C@H]1CC[C@@H](n2/c(=N/C(=O)c3ccc(F)cc3)[nH]c3ccc(CN4CCC(C)(O)CC4)cc32)CC1. The summed E-state index contributed by atoms with van der Waals surface area (Å²) in [5.41, 5.74) is 3.21. The van der Waals surface area contributed by atoms with Crippen molar-refractivity contribution in [1.29, 1.82) is 0 Å². The number of imidazole rings is 1. The second kappa shape index (κ2) is 11.7. The smallest absolute Gasteiger partial charge is 0.280 e. The Morgan fingerprint density at radius 1 is 1.10 bits per heavy atom. The Hall–Kier alpha value is -3.30. The molecular formula is C31H40FN5O3. The quantitative estimate of drug-likeness (QED) is 0.423. The van der Waals surface area contributed by atoms with Crippen LogP contribution in [-0.2, 0) is 11.3 Å². The van der Waals surface area contributed by atoms with E-state index >= 15 is 0 Å². The third kappa shape index (κ3) is 6.53. The number of nitrogens with one attached hydrogen (secondary N) is 2. The van der Waals surface area contributed by atoms with Crippen molar-refractivity contribution in [2.24, 2.45) is 10.9 Å². The lowest BCUT2D eigenvalue weighted by Gasteiger charge is -2.35. The molecule has 1 aromatic heterocycles. The number of halogens is 1. The molecule has 2 aromatic carbocycles. The minimum absolute atomic E-state index is 0.0161. The van der Waals surface area contributed by atoms with Gasteiger partial charge in [-0.1, -0.05) is 6.07 Å². The van der Waals surface area contributed by atoms with Crippen LogP contribution in [-0.4, -0.2) is 56.1 Å². The molecule has 1 saturated heterocycles. The first kappa shape index (κ1) is 28.2. The van der Waals surface area contributed by atoms with Gasteiger partial charge in [-0.05, 0) is 101 Å². The van der Waals surface area contributed by atoms with Crippen LogP contribution in [0.3, 0.4) is 0 Å². The topological polar surface area (TPSA) is 103 Å².